The van der Waals surface area contributed by atoms with Crippen molar-refractivity contribution in [2.24, 2.45) is 0 Å². The standard InChI is InChI=1S/C10H10N2O3/c1-6-2-3-8(14)10(11-6)12-5-7(13)4-9(12)15/h2-3,14H,4-5H2,1H3. The summed E-state index contributed by atoms with van der Waals surface area (Å²) in [5, 5.41) is 9.53. The third-order valence-corrected chi connectivity index (χ3v) is 2.23. The third-order valence-electron chi connectivity index (χ3n) is 2.23. The smallest absolute Gasteiger partial charge is 0.236 e. The molecule has 0 spiro atoms. The lowest BCUT2D eigenvalue weighted by Crippen LogP contribution is -2.25. The van der Waals surface area contributed by atoms with Crippen molar-refractivity contribution in [2.45, 2.75) is 13.3 Å². The third kappa shape index (κ3) is 1.68. The molecule has 15 heavy (non-hydrogen) atoms. The molecule has 2 heterocycles. The van der Waals surface area contributed by atoms with Crippen LogP contribution in [0.15, 0.2) is 12.1 Å². The molecule has 1 aromatic heterocycles. The average molecular weight is 206 g/mol. The summed E-state index contributed by atoms with van der Waals surface area (Å²) in [5.74, 6) is -0.370. The molecule has 0 unspecified atom stereocenters. The van der Waals surface area contributed by atoms with Crippen LogP contribution in [0.2, 0.25) is 0 Å². The first-order valence-electron chi connectivity index (χ1n) is 4.56. The summed E-state index contributed by atoms with van der Waals surface area (Å²) in [6.07, 6.45) is -0.102. The average Bonchev–Trinajstić information content (AvgIpc) is 2.50. The molecule has 1 saturated heterocycles. The second kappa shape index (κ2) is 3.34. The molecule has 78 valence electrons. The molecule has 0 aromatic carbocycles. The SMILES string of the molecule is Cc1ccc(O)c(N2CC(=O)CC2=O)n1. The molecule has 1 N–H and O–H groups in total. The first-order chi connectivity index (χ1) is 7.08. The minimum absolute atomic E-state index is 0.00282. The minimum atomic E-state index is -0.312. The van der Waals surface area contributed by atoms with Crippen LogP contribution >= 0.6 is 0 Å². The Balaban J connectivity index is 2.41. The van der Waals surface area contributed by atoms with Gasteiger partial charge in [-0.25, -0.2) is 4.98 Å². The number of aryl methyl sites for hydroxylation is 1. The predicted octanol–water partition coefficient (Wildman–Crippen LogP) is 0.401. The van der Waals surface area contributed by atoms with Gasteiger partial charge in [-0.05, 0) is 19.1 Å². The van der Waals surface area contributed by atoms with Gasteiger partial charge in [-0.3, -0.25) is 14.5 Å². The zero-order chi connectivity index (χ0) is 11.0. The van der Waals surface area contributed by atoms with Crippen LogP contribution in [-0.4, -0.2) is 28.3 Å². The maximum Gasteiger partial charge on any atom is 0.236 e. The fraction of sp³-hybridized carbons (Fsp3) is 0.300. The first kappa shape index (κ1) is 9.64. The van der Waals surface area contributed by atoms with Crippen molar-refractivity contribution in [1.82, 2.24) is 4.98 Å². The maximum atomic E-state index is 11.4. The molecule has 0 saturated carbocycles. The van der Waals surface area contributed by atoms with Gasteiger partial charge in [-0.1, -0.05) is 0 Å². The number of ketones is 1. The number of rotatable bonds is 1. The lowest BCUT2D eigenvalue weighted by molar-refractivity contribution is -0.121. The van der Waals surface area contributed by atoms with Gasteiger partial charge in [-0.2, -0.15) is 0 Å². The summed E-state index contributed by atoms with van der Waals surface area (Å²) in [5.41, 5.74) is 0.690. The second-order valence-electron chi connectivity index (χ2n) is 3.49. The number of Topliss-reactive ketones (excluding diaryl/α,β-unsaturated/α-hetero) is 1. The van der Waals surface area contributed by atoms with Crippen molar-refractivity contribution < 1.29 is 14.7 Å². The van der Waals surface area contributed by atoms with E-state index in [1.165, 1.54) is 11.0 Å². The molecule has 1 fully saturated rings. The van der Waals surface area contributed by atoms with Gasteiger partial charge < -0.3 is 5.11 Å². The Labute approximate surface area is 86.3 Å². The molecule has 0 atom stereocenters. The van der Waals surface area contributed by atoms with Crippen LogP contribution in [0, 0.1) is 6.92 Å². The Hall–Kier alpha value is -1.91. The molecule has 0 radical (unpaired) electrons. The highest BCUT2D eigenvalue weighted by Crippen LogP contribution is 2.27. The second-order valence-corrected chi connectivity index (χ2v) is 3.49. The molecule has 0 bridgehead atoms. The van der Waals surface area contributed by atoms with Crippen LogP contribution in [0.3, 0.4) is 0 Å². The fourth-order valence-electron chi connectivity index (χ4n) is 1.51. The monoisotopic (exact) mass is 206 g/mol. The molecular weight excluding hydrogens is 196 g/mol. The molecule has 1 aliphatic rings. The zero-order valence-corrected chi connectivity index (χ0v) is 8.23. The van der Waals surface area contributed by atoms with Crippen LogP contribution in [0.1, 0.15) is 12.1 Å². The topological polar surface area (TPSA) is 70.5 Å². The number of hydrogen-bond donors (Lipinski definition) is 1. The Morgan fingerprint density at radius 3 is 2.73 bits per heavy atom. The van der Waals surface area contributed by atoms with Crippen molar-refractivity contribution in [1.29, 1.82) is 0 Å². The normalized spacial score (nSPS) is 16.2. The molecule has 5 heteroatoms. The van der Waals surface area contributed by atoms with E-state index in [1.807, 2.05) is 0 Å². The van der Waals surface area contributed by atoms with Crippen molar-refractivity contribution in [3.63, 3.8) is 0 Å². The van der Waals surface area contributed by atoms with E-state index in [9.17, 15) is 14.7 Å². The molecule has 5 nitrogen and oxygen atoms in total. The molecule has 1 amide bonds. The zero-order valence-electron chi connectivity index (χ0n) is 8.23. The Morgan fingerprint density at radius 2 is 2.13 bits per heavy atom. The van der Waals surface area contributed by atoms with Gasteiger partial charge in [0.2, 0.25) is 5.91 Å². The number of carbonyl (C=O) groups is 2. The van der Waals surface area contributed by atoms with E-state index in [0.717, 1.165) is 0 Å². The number of anilines is 1. The van der Waals surface area contributed by atoms with Crippen LogP contribution in [0.25, 0.3) is 0 Å². The Morgan fingerprint density at radius 1 is 1.40 bits per heavy atom. The minimum Gasteiger partial charge on any atom is -0.504 e. The summed E-state index contributed by atoms with van der Waals surface area (Å²) in [7, 11) is 0. The number of nitrogens with zero attached hydrogens (tertiary/aromatic N) is 2. The van der Waals surface area contributed by atoms with E-state index in [1.54, 1.807) is 13.0 Å². The number of aromatic nitrogens is 1. The van der Waals surface area contributed by atoms with Gasteiger partial charge in [0.15, 0.2) is 17.4 Å². The Kier molecular flexibility index (Phi) is 2.15. The maximum absolute atomic E-state index is 11.4. The van der Waals surface area contributed by atoms with Crippen LogP contribution in [0.4, 0.5) is 5.82 Å². The lowest BCUT2D eigenvalue weighted by atomic mass is 10.3. The van der Waals surface area contributed by atoms with Crippen LogP contribution < -0.4 is 4.90 Å². The van der Waals surface area contributed by atoms with E-state index in [0.29, 0.717) is 5.69 Å². The summed E-state index contributed by atoms with van der Waals surface area (Å²) in [6, 6.07) is 3.11. The predicted molar refractivity (Wildman–Crippen MR) is 52.6 cm³/mol. The summed E-state index contributed by atoms with van der Waals surface area (Å²) < 4.78 is 0. The van der Waals surface area contributed by atoms with E-state index >= 15 is 0 Å². The van der Waals surface area contributed by atoms with E-state index in [-0.39, 0.29) is 36.2 Å². The summed E-state index contributed by atoms with van der Waals surface area (Å²) >= 11 is 0. The van der Waals surface area contributed by atoms with Gasteiger partial charge in [-0.15, -0.1) is 0 Å². The Bertz CT molecular complexity index is 442. The number of pyridine rings is 1. The van der Waals surface area contributed by atoms with Crippen molar-refractivity contribution in [3.05, 3.63) is 17.8 Å². The largest absolute Gasteiger partial charge is 0.504 e. The quantitative estimate of drug-likeness (QED) is 0.675. The highest BCUT2D eigenvalue weighted by atomic mass is 16.3. The summed E-state index contributed by atoms with van der Waals surface area (Å²) in [6.45, 7) is 1.76. The van der Waals surface area contributed by atoms with E-state index in [4.69, 9.17) is 0 Å². The number of aromatic hydroxyl groups is 1. The van der Waals surface area contributed by atoms with Crippen LogP contribution in [-0.2, 0) is 9.59 Å². The number of carbonyl (C=O) groups excluding carboxylic acids is 2. The lowest BCUT2D eigenvalue weighted by Gasteiger charge is -2.14. The molecular formula is C10H10N2O3. The van der Waals surface area contributed by atoms with Gasteiger partial charge in [0.05, 0.1) is 13.0 Å². The van der Waals surface area contributed by atoms with Gasteiger partial charge in [0.1, 0.15) is 0 Å². The molecule has 0 aliphatic carbocycles. The van der Waals surface area contributed by atoms with Crippen molar-refractivity contribution in [2.75, 3.05) is 11.4 Å². The van der Waals surface area contributed by atoms with Gasteiger partial charge in [0.25, 0.3) is 0 Å². The highest BCUT2D eigenvalue weighted by Gasteiger charge is 2.31. The van der Waals surface area contributed by atoms with Gasteiger partial charge in [0, 0.05) is 5.69 Å². The summed E-state index contributed by atoms with van der Waals surface area (Å²) in [4.78, 5) is 27.7. The fourth-order valence-corrected chi connectivity index (χ4v) is 1.51. The first-order valence-corrected chi connectivity index (χ1v) is 4.56. The van der Waals surface area contributed by atoms with E-state index < -0.39 is 0 Å². The van der Waals surface area contributed by atoms with Crippen molar-refractivity contribution in [3.8, 4) is 5.75 Å². The number of amides is 1. The molecule has 2 rings (SSSR count). The number of hydrogen-bond acceptors (Lipinski definition) is 4. The molecule has 1 aliphatic heterocycles. The van der Waals surface area contributed by atoms with E-state index in [2.05, 4.69) is 4.98 Å². The van der Waals surface area contributed by atoms with Crippen molar-refractivity contribution >= 4 is 17.5 Å². The van der Waals surface area contributed by atoms with Gasteiger partial charge >= 0.3 is 0 Å². The van der Waals surface area contributed by atoms with Crippen LogP contribution in [0.5, 0.6) is 5.75 Å². The molecule has 1 aromatic rings. The highest BCUT2D eigenvalue weighted by molar-refractivity contribution is 6.15.